The van der Waals surface area contributed by atoms with Crippen molar-refractivity contribution in [3.05, 3.63) is 23.3 Å². The zero-order valence-electron chi connectivity index (χ0n) is 8.35. The summed E-state index contributed by atoms with van der Waals surface area (Å²) in [6, 6.07) is 3.56. The van der Waals surface area contributed by atoms with Gasteiger partial charge in [0.2, 0.25) is 0 Å². The van der Waals surface area contributed by atoms with E-state index < -0.39 is 30.5 Å². The monoisotopic (exact) mass is 243 g/mol. The zero-order valence-corrected chi connectivity index (χ0v) is 8.35. The van der Waals surface area contributed by atoms with Gasteiger partial charge in [0.15, 0.2) is 0 Å². The predicted molar refractivity (Wildman–Crippen MR) is 50.8 cm³/mol. The maximum atomic E-state index is 12.1. The standard InChI is InChI=1S/C10H7F2NO4/c11-10(12)17-8-2-5(4-13)1-7(14)6(8)3-9(15)16/h1-2,10,14H,3H2,(H,15,16). The zero-order chi connectivity index (χ0) is 13.0. The second kappa shape index (κ2) is 5.12. The summed E-state index contributed by atoms with van der Waals surface area (Å²) >= 11 is 0. The smallest absolute Gasteiger partial charge is 0.387 e. The molecule has 0 aromatic heterocycles. The van der Waals surface area contributed by atoms with E-state index in [2.05, 4.69) is 4.74 Å². The molecular formula is C10H7F2NO4. The quantitative estimate of drug-likeness (QED) is 0.836. The Morgan fingerprint density at radius 2 is 2.18 bits per heavy atom. The molecule has 1 rings (SSSR count). The third kappa shape index (κ3) is 3.31. The maximum Gasteiger partial charge on any atom is 0.387 e. The van der Waals surface area contributed by atoms with Gasteiger partial charge in [-0.25, -0.2) is 0 Å². The number of rotatable bonds is 4. The van der Waals surface area contributed by atoms with E-state index in [1.165, 1.54) is 0 Å². The van der Waals surface area contributed by atoms with E-state index >= 15 is 0 Å². The van der Waals surface area contributed by atoms with Crippen molar-refractivity contribution in [1.82, 2.24) is 0 Å². The van der Waals surface area contributed by atoms with Gasteiger partial charge >= 0.3 is 12.6 Å². The number of aromatic hydroxyl groups is 1. The largest absolute Gasteiger partial charge is 0.507 e. The topological polar surface area (TPSA) is 90.5 Å². The molecule has 5 nitrogen and oxygen atoms in total. The Kier molecular flexibility index (Phi) is 3.82. The highest BCUT2D eigenvalue weighted by Gasteiger charge is 2.17. The number of halogens is 2. The summed E-state index contributed by atoms with van der Waals surface area (Å²) in [5, 5.41) is 26.6. The van der Waals surface area contributed by atoms with Crippen LogP contribution in [0.25, 0.3) is 0 Å². The van der Waals surface area contributed by atoms with Gasteiger partial charge in [-0.2, -0.15) is 14.0 Å². The number of hydrogen-bond donors (Lipinski definition) is 2. The number of carboxylic acid groups (broad SMARTS) is 1. The summed E-state index contributed by atoms with van der Waals surface area (Å²) in [4.78, 5) is 10.5. The van der Waals surface area contributed by atoms with E-state index in [0.717, 1.165) is 12.1 Å². The molecule has 90 valence electrons. The summed E-state index contributed by atoms with van der Waals surface area (Å²) in [6.45, 7) is -3.17. The van der Waals surface area contributed by atoms with Gasteiger partial charge in [0.1, 0.15) is 11.5 Å². The second-order valence-corrected chi connectivity index (χ2v) is 3.03. The van der Waals surface area contributed by atoms with Gasteiger partial charge in [-0.3, -0.25) is 4.79 Å². The number of hydrogen-bond acceptors (Lipinski definition) is 4. The molecule has 0 saturated heterocycles. The second-order valence-electron chi connectivity index (χ2n) is 3.03. The van der Waals surface area contributed by atoms with Crippen LogP contribution in [0.3, 0.4) is 0 Å². The third-order valence-electron chi connectivity index (χ3n) is 1.86. The molecule has 1 aromatic rings. The summed E-state index contributed by atoms with van der Waals surface area (Å²) in [5.41, 5.74) is -0.399. The maximum absolute atomic E-state index is 12.1. The number of nitriles is 1. The van der Waals surface area contributed by atoms with Crippen LogP contribution in [0.5, 0.6) is 11.5 Å². The lowest BCUT2D eigenvalue weighted by Gasteiger charge is -2.11. The first-order valence-corrected chi connectivity index (χ1v) is 4.36. The Labute approximate surface area is 94.5 Å². The molecule has 2 N–H and O–H groups in total. The highest BCUT2D eigenvalue weighted by atomic mass is 19.3. The molecular weight excluding hydrogens is 236 g/mol. The molecule has 0 radical (unpaired) electrons. The van der Waals surface area contributed by atoms with E-state index in [1.54, 1.807) is 6.07 Å². The fraction of sp³-hybridized carbons (Fsp3) is 0.200. The lowest BCUT2D eigenvalue weighted by Crippen LogP contribution is -2.08. The molecule has 0 atom stereocenters. The van der Waals surface area contributed by atoms with Gasteiger partial charge in [0, 0.05) is 5.56 Å². The SMILES string of the molecule is N#Cc1cc(O)c(CC(=O)O)c(OC(F)F)c1. The number of benzene rings is 1. The van der Waals surface area contributed by atoms with Crippen molar-refractivity contribution in [2.75, 3.05) is 0 Å². The molecule has 0 spiro atoms. The average Bonchev–Trinajstić information content (AvgIpc) is 2.21. The van der Waals surface area contributed by atoms with Crippen molar-refractivity contribution in [1.29, 1.82) is 5.26 Å². The Hall–Kier alpha value is -2.36. The molecule has 0 aliphatic heterocycles. The highest BCUT2D eigenvalue weighted by molar-refractivity contribution is 5.73. The van der Waals surface area contributed by atoms with E-state index in [0.29, 0.717) is 0 Å². The number of nitrogens with zero attached hydrogens (tertiary/aromatic N) is 1. The van der Waals surface area contributed by atoms with E-state index in [-0.39, 0.29) is 11.1 Å². The molecule has 0 saturated carbocycles. The molecule has 0 aliphatic rings. The first kappa shape index (κ1) is 12.7. The first-order chi connectivity index (χ1) is 7.93. The number of carbonyl (C=O) groups is 1. The van der Waals surface area contributed by atoms with Crippen LogP contribution in [-0.4, -0.2) is 22.8 Å². The summed E-state index contributed by atoms with van der Waals surface area (Å²) in [7, 11) is 0. The minimum atomic E-state index is -3.17. The van der Waals surface area contributed by atoms with Crippen molar-refractivity contribution < 1.29 is 28.5 Å². The Morgan fingerprint density at radius 3 is 2.65 bits per heavy atom. The molecule has 0 aliphatic carbocycles. The molecule has 0 amide bonds. The van der Waals surface area contributed by atoms with Gasteiger partial charge in [-0.05, 0) is 12.1 Å². The van der Waals surface area contributed by atoms with Crippen LogP contribution in [0.1, 0.15) is 11.1 Å². The highest BCUT2D eigenvalue weighted by Crippen LogP contribution is 2.31. The number of aliphatic carboxylic acids is 1. The van der Waals surface area contributed by atoms with E-state index in [9.17, 15) is 18.7 Å². The van der Waals surface area contributed by atoms with Crippen LogP contribution >= 0.6 is 0 Å². The van der Waals surface area contributed by atoms with Gasteiger partial charge in [0.25, 0.3) is 0 Å². The number of ether oxygens (including phenoxy) is 1. The van der Waals surface area contributed by atoms with Crippen LogP contribution in [0.15, 0.2) is 12.1 Å². The van der Waals surface area contributed by atoms with E-state index in [4.69, 9.17) is 10.4 Å². The van der Waals surface area contributed by atoms with Gasteiger partial charge in [-0.15, -0.1) is 0 Å². The normalized spacial score (nSPS) is 10.0. The van der Waals surface area contributed by atoms with Crippen molar-refractivity contribution >= 4 is 5.97 Å². The van der Waals surface area contributed by atoms with Crippen LogP contribution in [0, 0.1) is 11.3 Å². The molecule has 1 aromatic carbocycles. The van der Waals surface area contributed by atoms with Crippen LogP contribution in [-0.2, 0) is 11.2 Å². The molecule has 7 heteroatoms. The third-order valence-corrected chi connectivity index (χ3v) is 1.86. The number of phenols is 1. The first-order valence-electron chi connectivity index (χ1n) is 4.36. The number of phenolic OH excluding ortho intramolecular Hbond substituents is 1. The molecule has 0 fully saturated rings. The predicted octanol–water partition coefficient (Wildman–Crippen LogP) is 1.49. The number of carboxylic acids is 1. The van der Waals surface area contributed by atoms with Crippen molar-refractivity contribution in [2.45, 2.75) is 13.0 Å². The van der Waals surface area contributed by atoms with Crippen LogP contribution in [0.2, 0.25) is 0 Å². The fourth-order valence-electron chi connectivity index (χ4n) is 1.23. The van der Waals surface area contributed by atoms with Crippen molar-refractivity contribution in [2.24, 2.45) is 0 Å². The van der Waals surface area contributed by atoms with Crippen LogP contribution < -0.4 is 4.74 Å². The average molecular weight is 243 g/mol. The minimum absolute atomic E-state index is 0.104. The minimum Gasteiger partial charge on any atom is -0.507 e. The molecule has 17 heavy (non-hydrogen) atoms. The molecule has 0 unspecified atom stereocenters. The summed E-state index contributed by atoms with van der Waals surface area (Å²) in [5.74, 6) is -2.40. The Balaban J connectivity index is 3.24. The van der Waals surface area contributed by atoms with Crippen LogP contribution in [0.4, 0.5) is 8.78 Å². The van der Waals surface area contributed by atoms with Gasteiger partial charge in [0.05, 0.1) is 18.1 Å². The van der Waals surface area contributed by atoms with Crippen molar-refractivity contribution in [3.8, 4) is 17.6 Å². The lowest BCUT2D eigenvalue weighted by molar-refractivity contribution is -0.136. The lowest BCUT2D eigenvalue weighted by atomic mass is 10.1. The van der Waals surface area contributed by atoms with Crippen molar-refractivity contribution in [3.63, 3.8) is 0 Å². The molecule has 0 heterocycles. The Morgan fingerprint density at radius 1 is 1.53 bits per heavy atom. The summed E-state index contributed by atoms with van der Waals surface area (Å²) < 4.78 is 28.2. The van der Waals surface area contributed by atoms with Gasteiger partial charge in [-0.1, -0.05) is 0 Å². The Bertz CT molecular complexity index is 482. The molecule has 0 bridgehead atoms. The number of alkyl halides is 2. The van der Waals surface area contributed by atoms with Gasteiger partial charge < -0.3 is 14.9 Å². The summed E-state index contributed by atoms with van der Waals surface area (Å²) in [6.07, 6.45) is -0.681. The van der Waals surface area contributed by atoms with E-state index in [1.807, 2.05) is 0 Å². The fourth-order valence-corrected chi connectivity index (χ4v) is 1.23.